The minimum atomic E-state index is -0.116. The van der Waals surface area contributed by atoms with Crippen molar-refractivity contribution in [2.24, 2.45) is 5.92 Å². The molecule has 5 heteroatoms. The lowest BCUT2D eigenvalue weighted by atomic mass is 9.96. The molecule has 1 atom stereocenters. The number of methoxy groups -OCH3 is 1. The largest absolute Gasteiger partial charge is 0.496 e. The van der Waals surface area contributed by atoms with Crippen molar-refractivity contribution in [3.05, 3.63) is 42.0 Å². The molecular weight excluding hydrogens is 328 g/mol. The maximum Gasteiger partial charge on any atom is 0.225 e. The average Bonchev–Trinajstić information content (AvgIpc) is 3.51. The fourth-order valence-corrected chi connectivity index (χ4v) is 3.83. The van der Waals surface area contributed by atoms with Crippen LogP contribution in [0, 0.1) is 5.92 Å². The second-order valence-corrected chi connectivity index (χ2v) is 7.20. The number of hydrogen-bond donors (Lipinski definition) is 1. The van der Waals surface area contributed by atoms with Crippen LogP contribution in [0.15, 0.2) is 36.4 Å². The number of benzene rings is 2. The van der Waals surface area contributed by atoms with Gasteiger partial charge in [-0.05, 0) is 36.1 Å². The van der Waals surface area contributed by atoms with E-state index in [2.05, 4.69) is 11.4 Å². The Balaban J connectivity index is 1.47. The number of likely N-dealkylation sites (tertiary alicyclic amines) is 1. The van der Waals surface area contributed by atoms with Crippen molar-refractivity contribution in [1.29, 1.82) is 0 Å². The number of hydrogen-bond acceptors (Lipinski definition) is 3. The first-order valence-corrected chi connectivity index (χ1v) is 9.29. The molecule has 1 aliphatic carbocycles. The molecule has 26 heavy (non-hydrogen) atoms. The Morgan fingerprint density at radius 3 is 2.77 bits per heavy atom. The zero-order valence-electron chi connectivity index (χ0n) is 15.0. The van der Waals surface area contributed by atoms with Crippen molar-refractivity contribution in [2.45, 2.75) is 38.3 Å². The average molecular weight is 352 g/mol. The van der Waals surface area contributed by atoms with E-state index < -0.39 is 0 Å². The second-order valence-electron chi connectivity index (χ2n) is 7.20. The van der Waals surface area contributed by atoms with Crippen molar-refractivity contribution in [3.63, 3.8) is 0 Å². The second kappa shape index (κ2) is 6.98. The van der Waals surface area contributed by atoms with Gasteiger partial charge in [0, 0.05) is 31.1 Å². The van der Waals surface area contributed by atoms with E-state index >= 15 is 0 Å². The fourth-order valence-electron chi connectivity index (χ4n) is 3.83. The molecule has 0 radical (unpaired) electrons. The number of rotatable bonds is 5. The Bertz CT molecular complexity index is 844. The smallest absolute Gasteiger partial charge is 0.225 e. The molecule has 136 valence electrons. The number of carbonyl (C=O) groups excluding carboxylic acids is 2. The SMILES string of the molecule is COc1ccc2ccccc2c1CNC(=O)C1CCC(=O)N(C2CC2)C1. The van der Waals surface area contributed by atoms with Crippen LogP contribution in [0.1, 0.15) is 31.2 Å². The summed E-state index contributed by atoms with van der Waals surface area (Å²) < 4.78 is 5.50. The van der Waals surface area contributed by atoms with Crippen LogP contribution in [0.3, 0.4) is 0 Å². The number of nitrogens with one attached hydrogen (secondary N) is 1. The summed E-state index contributed by atoms with van der Waals surface area (Å²) in [4.78, 5) is 26.7. The molecule has 2 aliphatic rings. The lowest BCUT2D eigenvalue weighted by Crippen LogP contribution is -2.46. The number of nitrogens with zero attached hydrogens (tertiary/aromatic N) is 1. The monoisotopic (exact) mass is 352 g/mol. The summed E-state index contributed by atoms with van der Waals surface area (Å²) in [6.07, 6.45) is 3.27. The summed E-state index contributed by atoms with van der Waals surface area (Å²) in [6.45, 7) is 0.985. The lowest BCUT2D eigenvalue weighted by molar-refractivity contribution is -0.138. The molecule has 5 nitrogen and oxygen atoms in total. The molecule has 2 fully saturated rings. The minimum absolute atomic E-state index is 0.0261. The first-order valence-electron chi connectivity index (χ1n) is 9.29. The van der Waals surface area contributed by atoms with Crippen LogP contribution in [-0.4, -0.2) is 36.4 Å². The van der Waals surface area contributed by atoms with E-state index in [9.17, 15) is 9.59 Å². The van der Waals surface area contributed by atoms with E-state index in [1.54, 1.807) is 7.11 Å². The van der Waals surface area contributed by atoms with E-state index in [4.69, 9.17) is 4.74 Å². The topological polar surface area (TPSA) is 58.6 Å². The molecule has 1 saturated carbocycles. The summed E-state index contributed by atoms with van der Waals surface area (Å²) in [7, 11) is 1.65. The van der Waals surface area contributed by atoms with E-state index in [0.29, 0.717) is 32.0 Å². The Labute approximate surface area is 153 Å². The van der Waals surface area contributed by atoms with Gasteiger partial charge in [-0.1, -0.05) is 30.3 Å². The van der Waals surface area contributed by atoms with Crippen LogP contribution in [0.5, 0.6) is 5.75 Å². The van der Waals surface area contributed by atoms with Crippen LogP contribution in [0.4, 0.5) is 0 Å². The molecule has 1 unspecified atom stereocenters. The van der Waals surface area contributed by atoms with Gasteiger partial charge in [-0.25, -0.2) is 0 Å². The van der Waals surface area contributed by atoms with Gasteiger partial charge < -0.3 is 15.0 Å². The maximum absolute atomic E-state index is 12.7. The van der Waals surface area contributed by atoms with Gasteiger partial charge in [0.25, 0.3) is 0 Å². The van der Waals surface area contributed by atoms with Gasteiger partial charge in [0.1, 0.15) is 5.75 Å². The summed E-state index contributed by atoms with van der Waals surface area (Å²) in [6, 6.07) is 12.4. The Morgan fingerprint density at radius 1 is 1.19 bits per heavy atom. The predicted molar refractivity (Wildman–Crippen MR) is 99.8 cm³/mol. The molecule has 4 rings (SSSR count). The Kier molecular flexibility index (Phi) is 4.53. The highest BCUT2D eigenvalue weighted by Crippen LogP contribution is 2.32. The highest BCUT2D eigenvalue weighted by molar-refractivity contribution is 5.89. The number of amides is 2. The molecule has 1 aliphatic heterocycles. The quantitative estimate of drug-likeness (QED) is 0.900. The van der Waals surface area contributed by atoms with Crippen molar-refractivity contribution in [1.82, 2.24) is 10.2 Å². The van der Waals surface area contributed by atoms with E-state index in [1.807, 2.05) is 35.2 Å². The predicted octanol–water partition coefficient (Wildman–Crippen LogP) is 2.87. The van der Waals surface area contributed by atoms with Crippen LogP contribution in [0.25, 0.3) is 10.8 Å². The van der Waals surface area contributed by atoms with Crippen LogP contribution in [0.2, 0.25) is 0 Å². The third-order valence-corrected chi connectivity index (χ3v) is 5.46. The Morgan fingerprint density at radius 2 is 2.00 bits per heavy atom. The summed E-state index contributed by atoms with van der Waals surface area (Å²) in [5, 5.41) is 5.29. The number of fused-ring (bicyclic) bond motifs is 1. The number of piperidine rings is 1. The first-order chi connectivity index (χ1) is 12.7. The summed E-state index contributed by atoms with van der Waals surface area (Å²) in [5.74, 6) is 0.891. The normalized spacial score (nSPS) is 20.3. The van der Waals surface area contributed by atoms with Crippen LogP contribution >= 0.6 is 0 Å². The molecule has 1 saturated heterocycles. The number of ether oxygens (including phenoxy) is 1. The molecular formula is C21H24N2O3. The molecule has 1 N–H and O–H groups in total. The highest BCUT2D eigenvalue weighted by Gasteiger charge is 2.38. The van der Waals surface area contributed by atoms with Crippen LogP contribution in [-0.2, 0) is 16.1 Å². The summed E-state index contributed by atoms with van der Waals surface area (Å²) in [5.41, 5.74) is 0.991. The van der Waals surface area contributed by atoms with Gasteiger partial charge in [0.15, 0.2) is 0 Å². The third-order valence-electron chi connectivity index (χ3n) is 5.46. The first kappa shape index (κ1) is 16.9. The summed E-state index contributed by atoms with van der Waals surface area (Å²) >= 11 is 0. The van der Waals surface area contributed by atoms with Crippen molar-refractivity contribution < 1.29 is 14.3 Å². The highest BCUT2D eigenvalue weighted by atomic mass is 16.5. The number of carbonyl (C=O) groups is 2. The van der Waals surface area contributed by atoms with Crippen molar-refractivity contribution in [3.8, 4) is 5.75 Å². The molecule has 2 aromatic rings. The van der Waals surface area contributed by atoms with Crippen molar-refractivity contribution >= 4 is 22.6 Å². The van der Waals surface area contributed by atoms with Gasteiger partial charge in [0.05, 0.1) is 13.0 Å². The Hall–Kier alpha value is -2.56. The molecule has 0 aromatic heterocycles. The van der Waals surface area contributed by atoms with Gasteiger partial charge in [-0.3, -0.25) is 9.59 Å². The third kappa shape index (κ3) is 3.26. The molecule has 2 aromatic carbocycles. The van der Waals surface area contributed by atoms with Crippen molar-refractivity contribution in [2.75, 3.05) is 13.7 Å². The van der Waals surface area contributed by atoms with E-state index in [1.165, 1.54) is 0 Å². The van der Waals surface area contributed by atoms with Gasteiger partial charge in [-0.2, -0.15) is 0 Å². The lowest BCUT2D eigenvalue weighted by Gasteiger charge is -2.32. The van der Waals surface area contributed by atoms with Crippen LogP contribution < -0.4 is 10.1 Å². The van der Waals surface area contributed by atoms with Gasteiger partial charge in [0.2, 0.25) is 11.8 Å². The molecule has 1 heterocycles. The molecule has 2 amide bonds. The van der Waals surface area contributed by atoms with E-state index in [-0.39, 0.29) is 17.7 Å². The zero-order chi connectivity index (χ0) is 18.1. The van der Waals surface area contributed by atoms with E-state index in [0.717, 1.165) is 34.9 Å². The fraction of sp³-hybridized carbons (Fsp3) is 0.429. The van der Waals surface area contributed by atoms with Gasteiger partial charge >= 0.3 is 0 Å². The standard InChI is InChI=1S/C21H24N2O3/c1-26-19-10-6-14-4-2-3-5-17(14)18(19)12-22-21(25)15-7-11-20(24)23(13-15)16-8-9-16/h2-6,10,15-16H,7-9,11-13H2,1H3,(H,22,25). The molecule has 0 bridgehead atoms. The molecule has 0 spiro atoms. The zero-order valence-corrected chi connectivity index (χ0v) is 15.0. The maximum atomic E-state index is 12.7. The van der Waals surface area contributed by atoms with Gasteiger partial charge in [-0.15, -0.1) is 0 Å². The minimum Gasteiger partial charge on any atom is -0.496 e.